The van der Waals surface area contributed by atoms with E-state index < -0.39 is 0 Å². The van der Waals surface area contributed by atoms with E-state index in [1.807, 2.05) is 35.2 Å². The third-order valence-electron chi connectivity index (χ3n) is 5.51. The van der Waals surface area contributed by atoms with Crippen LogP contribution >= 0.6 is 0 Å². The number of likely N-dealkylation sites (tertiary alicyclic amines) is 1. The Morgan fingerprint density at radius 1 is 1.13 bits per heavy atom. The van der Waals surface area contributed by atoms with Crippen molar-refractivity contribution in [2.45, 2.75) is 44.4 Å². The minimum absolute atomic E-state index is 0.0328. The lowest BCUT2D eigenvalue weighted by atomic mass is 10.1. The second kappa shape index (κ2) is 9.71. The van der Waals surface area contributed by atoms with Gasteiger partial charge in [-0.3, -0.25) is 14.6 Å². The molecule has 0 spiro atoms. The summed E-state index contributed by atoms with van der Waals surface area (Å²) in [4.78, 5) is 31.0. The second-order valence-electron chi connectivity index (χ2n) is 7.68. The number of piperidine rings is 1. The first-order chi connectivity index (χ1) is 14.7. The number of carbonyl (C=O) groups excluding carboxylic acids is 2. The lowest BCUT2D eigenvalue weighted by Crippen LogP contribution is -2.45. The number of nitrogens with zero attached hydrogens (tertiary/aromatic N) is 2. The molecule has 2 aliphatic rings. The molecule has 1 aromatic heterocycles. The normalized spacial score (nSPS) is 19.5. The maximum absolute atomic E-state index is 12.5. The molecule has 0 saturated carbocycles. The van der Waals surface area contributed by atoms with E-state index in [9.17, 15) is 9.59 Å². The molecule has 2 saturated heterocycles. The molecule has 4 rings (SSSR count). The van der Waals surface area contributed by atoms with Gasteiger partial charge in [-0.25, -0.2) is 0 Å². The number of hydrogen-bond acceptors (Lipinski definition) is 5. The first-order valence-electron chi connectivity index (χ1n) is 10.5. The average Bonchev–Trinajstić information content (AvgIpc) is 3.33. The number of amides is 2. The van der Waals surface area contributed by atoms with Crippen molar-refractivity contribution in [1.29, 1.82) is 0 Å². The fourth-order valence-electron chi connectivity index (χ4n) is 3.85. The Kier molecular flexibility index (Phi) is 6.59. The summed E-state index contributed by atoms with van der Waals surface area (Å²) >= 11 is 0. The van der Waals surface area contributed by atoms with Crippen molar-refractivity contribution in [2.24, 2.45) is 0 Å². The SMILES string of the molecule is O=C(NCc1ccccn1)c1cccc(OC2CCN(C(=O)C3CCCO3)CC2)c1. The van der Waals surface area contributed by atoms with Crippen LogP contribution in [-0.4, -0.2) is 53.6 Å². The third kappa shape index (κ3) is 5.16. The molecule has 30 heavy (non-hydrogen) atoms. The molecule has 1 atom stereocenters. The highest BCUT2D eigenvalue weighted by Crippen LogP contribution is 2.22. The van der Waals surface area contributed by atoms with Crippen molar-refractivity contribution >= 4 is 11.8 Å². The highest BCUT2D eigenvalue weighted by molar-refractivity contribution is 5.94. The van der Waals surface area contributed by atoms with Gasteiger partial charge in [0, 0.05) is 44.3 Å². The van der Waals surface area contributed by atoms with Crippen LogP contribution in [0.3, 0.4) is 0 Å². The summed E-state index contributed by atoms with van der Waals surface area (Å²) in [5, 5.41) is 2.88. The van der Waals surface area contributed by atoms with Gasteiger partial charge in [-0.05, 0) is 43.2 Å². The maximum atomic E-state index is 12.5. The number of pyridine rings is 1. The van der Waals surface area contributed by atoms with Gasteiger partial charge in [-0.1, -0.05) is 12.1 Å². The summed E-state index contributed by atoms with van der Waals surface area (Å²) in [6.45, 7) is 2.41. The van der Waals surface area contributed by atoms with E-state index in [2.05, 4.69) is 10.3 Å². The van der Waals surface area contributed by atoms with Crippen LogP contribution in [-0.2, 0) is 16.1 Å². The Bertz CT molecular complexity index is 860. The predicted molar refractivity (Wildman–Crippen MR) is 111 cm³/mol. The summed E-state index contributed by atoms with van der Waals surface area (Å²) in [7, 11) is 0. The molecule has 0 radical (unpaired) electrons. The highest BCUT2D eigenvalue weighted by Gasteiger charge is 2.31. The van der Waals surface area contributed by atoms with Gasteiger partial charge in [0.2, 0.25) is 0 Å². The molecule has 7 nitrogen and oxygen atoms in total. The van der Waals surface area contributed by atoms with Crippen molar-refractivity contribution in [3.05, 3.63) is 59.9 Å². The van der Waals surface area contributed by atoms with Gasteiger partial charge in [0.25, 0.3) is 11.8 Å². The zero-order valence-corrected chi connectivity index (χ0v) is 17.0. The molecule has 1 N–H and O–H groups in total. The van der Waals surface area contributed by atoms with Gasteiger partial charge in [-0.15, -0.1) is 0 Å². The van der Waals surface area contributed by atoms with E-state index in [0.717, 1.165) is 31.4 Å². The van der Waals surface area contributed by atoms with Crippen LogP contribution in [0, 0.1) is 0 Å². The number of ether oxygens (including phenoxy) is 2. The van der Waals surface area contributed by atoms with Crippen LogP contribution in [0.2, 0.25) is 0 Å². The average molecular weight is 409 g/mol. The topological polar surface area (TPSA) is 80.8 Å². The van der Waals surface area contributed by atoms with Crippen LogP contribution < -0.4 is 10.1 Å². The molecule has 3 heterocycles. The summed E-state index contributed by atoms with van der Waals surface area (Å²) in [6.07, 6.45) is 4.81. The fraction of sp³-hybridized carbons (Fsp3) is 0.435. The number of benzene rings is 1. The minimum atomic E-state index is -0.260. The van der Waals surface area contributed by atoms with Crippen molar-refractivity contribution in [1.82, 2.24) is 15.2 Å². The summed E-state index contributed by atoms with van der Waals surface area (Å²) in [5.74, 6) is 0.616. The molecule has 2 aromatic rings. The van der Waals surface area contributed by atoms with E-state index in [1.165, 1.54) is 0 Å². The van der Waals surface area contributed by atoms with Gasteiger partial charge >= 0.3 is 0 Å². The molecular weight excluding hydrogens is 382 g/mol. The van der Waals surface area contributed by atoms with Gasteiger partial charge < -0.3 is 19.7 Å². The van der Waals surface area contributed by atoms with E-state index in [0.29, 0.717) is 37.6 Å². The monoisotopic (exact) mass is 409 g/mol. The first kappa shape index (κ1) is 20.3. The van der Waals surface area contributed by atoms with Crippen molar-refractivity contribution in [2.75, 3.05) is 19.7 Å². The van der Waals surface area contributed by atoms with Crippen molar-refractivity contribution in [3.8, 4) is 5.75 Å². The van der Waals surface area contributed by atoms with Crippen LogP contribution in [0.4, 0.5) is 0 Å². The Morgan fingerprint density at radius 3 is 2.73 bits per heavy atom. The first-order valence-corrected chi connectivity index (χ1v) is 10.5. The maximum Gasteiger partial charge on any atom is 0.251 e. The number of aromatic nitrogens is 1. The lowest BCUT2D eigenvalue weighted by molar-refractivity contribution is -0.142. The van der Waals surface area contributed by atoms with Gasteiger partial charge in [0.15, 0.2) is 0 Å². The molecule has 1 unspecified atom stereocenters. The molecule has 0 aliphatic carbocycles. The Labute approximate surface area is 176 Å². The summed E-state index contributed by atoms with van der Waals surface area (Å²) in [5.41, 5.74) is 1.36. The van der Waals surface area contributed by atoms with E-state index in [-0.39, 0.29) is 24.0 Å². The predicted octanol–water partition coefficient (Wildman–Crippen LogP) is 2.56. The van der Waals surface area contributed by atoms with Crippen LogP contribution in [0.1, 0.15) is 41.7 Å². The number of carbonyl (C=O) groups is 2. The van der Waals surface area contributed by atoms with Crippen LogP contribution in [0.25, 0.3) is 0 Å². The van der Waals surface area contributed by atoms with Gasteiger partial charge in [0.05, 0.1) is 12.2 Å². The number of nitrogens with one attached hydrogen (secondary N) is 1. The molecule has 2 amide bonds. The van der Waals surface area contributed by atoms with E-state index in [1.54, 1.807) is 18.3 Å². The third-order valence-corrected chi connectivity index (χ3v) is 5.51. The number of rotatable bonds is 6. The summed E-state index contributed by atoms with van der Waals surface area (Å²) in [6, 6.07) is 12.8. The molecule has 2 aliphatic heterocycles. The van der Waals surface area contributed by atoms with E-state index in [4.69, 9.17) is 9.47 Å². The van der Waals surface area contributed by atoms with Crippen molar-refractivity contribution in [3.63, 3.8) is 0 Å². The lowest BCUT2D eigenvalue weighted by Gasteiger charge is -2.33. The summed E-state index contributed by atoms with van der Waals surface area (Å²) < 4.78 is 11.6. The zero-order valence-electron chi connectivity index (χ0n) is 17.0. The second-order valence-corrected chi connectivity index (χ2v) is 7.68. The van der Waals surface area contributed by atoms with Gasteiger partial charge in [0.1, 0.15) is 18.0 Å². The smallest absolute Gasteiger partial charge is 0.251 e. The quantitative estimate of drug-likeness (QED) is 0.793. The zero-order chi connectivity index (χ0) is 20.8. The largest absolute Gasteiger partial charge is 0.490 e. The Morgan fingerprint density at radius 2 is 2.00 bits per heavy atom. The standard InChI is InChI=1S/C23H27N3O4/c27-22(25-16-18-6-1-2-11-24-18)17-5-3-7-20(15-17)30-19-9-12-26(13-10-19)23(28)21-8-4-14-29-21/h1-3,5-7,11,15,19,21H,4,8-10,12-14,16H2,(H,25,27). The molecule has 158 valence electrons. The Hall–Kier alpha value is -2.93. The molecule has 2 fully saturated rings. The molecule has 7 heteroatoms. The number of hydrogen-bond donors (Lipinski definition) is 1. The van der Waals surface area contributed by atoms with Gasteiger partial charge in [-0.2, -0.15) is 0 Å². The van der Waals surface area contributed by atoms with Crippen LogP contribution in [0.5, 0.6) is 5.75 Å². The van der Waals surface area contributed by atoms with Crippen LogP contribution in [0.15, 0.2) is 48.7 Å². The molecule has 0 bridgehead atoms. The highest BCUT2D eigenvalue weighted by atomic mass is 16.5. The molecular formula is C23H27N3O4. The van der Waals surface area contributed by atoms with Crippen molar-refractivity contribution < 1.29 is 19.1 Å². The van der Waals surface area contributed by atoms with E-state index >= 15 is 0 Å². The molecule has 1 aromatic carbocycles. The Balaban J connectivity index is 1.27. The fourth-order valence-corrected chi connectivity index (χ4v) is 3.85. The minimum Gasteiger partial charge on any atom is -0.490 e.